The van der Waals surface area contributed by atoms with Crippen molar-refractivity contribution in [3.05, 3.63) is 36.7 Å². The lowest BCUT2D eigenvalue weighted by atomic mass is 10.1. The van der Waals surface area contributed by atoms with E-state index < -0.39 is 0 Å². The Kier molecular flexibility index (Phi) is 2.52. The van der Waals surface area contributed by atoms with Crippen molar-refractivity contribution in [3.63, 3.8) is 0 Å². The summed E-state index contributed by atoms with van der Waals surface area (Å²) in [6.07, 6.45) is 4.69. The van der Waals surface area contributed by atoms with Gasteiger partial charge in [0.05, 0.1) is 6.20 Å². The third-order valence-corrected chi connectivity index (χ3v) is 2.65. The van der Waals surface area contributed by atoms with Gasteiger partial charge in [0.2, 0.25) is 12.9 Å². The molecular weight excluding hydrogens is 232 g/mol. The highest BCUT2D eigenvalue weighted by molar-refractivity contribution is 5.78. The van der Waals surface area contributed by atoms with Crippen LogP contribution in [0.2, 0.25) is 0 Å². The van der Waals surface area contributed by atoms with Crippen LogP contribution in [0.4, 0.5) is 5.69 Å². The molecular formula is C13H8N2O3. The van der Waals surface area contributed by atoms with Gasteiger partial charge in [-0.15, -0.1) is 0 Å². The van der Waals surface area contributed by atoms with E-state index in [9.17, 15) is 4.79 Å². The summed E-state index contributed by atoms with van der Waals surface area (Å²) in [5, 5.41) is 0. The van der Waals surface area contributed by atoms with Crippen LogP contribution < -0.4 is 9.47 Å². The Morgan fingerprint density at radius 1 is 1.22 bits per heavy atom. The van der Waals surface area contributed by atoms with E-state index in [0.717, 1.165) is 11.1 Å². The Bertz CT molecular complexity index is 648. The average Bonchev–Trinajstić information content (AvgIpc) is 2.87. The molecule has 0 radical (unpaired) electrons. The third kappa shape index (κ3) is 1.73. The van der Waals surface area contributed by atoms with Crippen LogP contribution in [0, 0.1) is 0 Å². The number of isocyanates is 1. The Balaban J connectivity index is 2.12. The van der Waals surface area contributed by atoms with Crippen molar-refractivity contribution in [2.45, 2.75) is 0 Å². The smallest absolute Gasteiger partial charge is 0.240 e. The molecule has 0 amide bonds. The van der Waals surface area contributed by atoms with E-state index in [0.29, 0.717) is 17.2 Å². The summed E-state index contributed by atoms with van der Waals surface area (Å²) < 4.78 is 10.6. The number of hydrogen-bond donors (Lipinski definition) is 0. The molecule has 5 heteroatoms. The molecule has 2 heterocycles. The summed E-state index contributed by atoms with van der Waals surface area (Å²) in [5.41, 5.74) is 2.16. The molecule has 0 spiro atoms. The van der Waals surface area contributed by atoms with Crippen LogP contribution in [0.5, 0.6) is 11.5 Å². The molecule has 1 aromatic carbocycles. The fraction of sp³-hybridized carbons (Fsp3) is 0.0769. The minimum absolute atomic E-state index is 0.231. The summed E-state index contributed by atoms with van der Waals surface area (Å²) in [6, 6.07) is 7.34. The van der Waals surface area contributed by atoms with E-state index in [4.69, 9.17) is 9.47 Å². The molecule has 18 heavy (non-hydrogen) atoms. The van der Waals surface area contributed by atoms with Crippen molar-refractivity contribution in [2.24, 2.45) is 4.99 Å². The zero-order valence-electron chi connectivity index (χ0n) is 9.29. The first-order chi connectivity index (χ1) is 8.88. The Morgan fingerprint density at radius 3 is 3.00 bits per heavy atom. The highest BCUT2D eigenvalue weighted by Crippen LogP contribution is 2.38. The van der Waals surface area contributed by atoms with Crippen molar-refractivity contribution in [2.75, 3.05) is 6.79 Å². The van der Waals surface area contributed by atoms with Crippen LogP contribution in [0.25, 0.3) is 11.1 Å². The SMILES string of the molecule is O=C=Nc1cnccc1-c1ccc2c(c1)OCO2. The second-order valence-corrected chi connectivity index (χ2v) is 3.66. The first kappa shape index (κ1) is 10.5. The number of pyridine rings is 1. The summed E-state index contributed by atoms with van der Waals surface area (Å²) >= 11 is 0. The van der Waals surface area contributed by atoms with Gasteiger partial charge in [0.1, 0.15) is 5.69 Å². The maximum Gasteiger partial charge on any atom is 0.240 e. The van der Waals surface area contributed by atoms with Gasteiger partial charge in [-0.05, 0) is 23.8 Å². The second kappa shape index (κ2) is 4.31. The molecule has 0 aliphatic carbocycles. The molecule has 5 nitrogen and oxygen atoms in total. The fourth-order valence-corrected chi connectivity index (χ4v) is 1.83. The van der Waals surface area contributed by atoms with Gasteiger partial charge < -0.3 is 9.47 Å². The van der Waals surface area contributed by atoms with Crippen LogP contribution in [-0.4, -0.2) is 17.9 Å². The lowest BCUT2D eigenvalue weighted by Gasteiger charge is -2.05. The fourth-order valence-electron chi connectivity index (χ4n) is 1.83. The van der Waals surface area contributed by atoms with Crippen LogP contribution in [0.3, 0.4) is 0 Å². The first-order valence-corrected chi connectivity index (χ1v) is 5.30. The topological polar surface area (TPSA) is 60.8 Å². The van der Waals surface area contributed by atoms with E-state index >= 15 is 0 Å². The van der Waals surface area contributed by atoms with Gasteiger partial charge in [-0.2, -0.15) is 4.99 Å². The van der Waals surface area contributed by atoms with Crippen molar-refractivity contribution in [3.8, 4) is 22.6 Å². The minimum Gasteiger partial charge on any atom is -0.454 e. The Labute approximate surface area is 103 Å². The minimum atomic E-state index is 0.231. The summed E-state index contributed by atoms with van der Waals surface area (Å²) in [5.74, 6) is 1.40. The number of hydrogen-bond acceptors (Lipinski definition) is 5. The van der Waals surface area contributed by atoms with Gasteiger partial charge in [-0.1, -0.05) is 6.07 Å². The molecule has 1 aromatic heterocycles. The van der Waals surface area contributed by atoms with E-state index in [-0.39, 0.29) is 6.79 Å². The van der Waals surface area contributed by atoms with Gasteiger partial charge in [0, 0.05) is 11.8 Å². The lowest BCUT2D eigenvalue weighted by Crippen LogP contribution is -1.92. The van der Waals surface area contributed by atoms with Crippen molar-refractivity contribution in [1.29, 1.82) is 0 Å². The number of ether oxygens (including phenoxy) is 2. The number of fused-ring (bicyclic) bond motifs is 1. The van der Waals surface area contributed by atoms with Crippen molar-refractivity contribution >= 4 is 11.8 Å². The normalized spacial score (nSPS) is 12.0. The predicted molar refractivity (Wildman–Crippen MR) is 63.6 cm³/mol. The number of carbonyl (C=O) groups excluding carboxylic acids is 1. The molecule has 0 atom stereocenters. The molecule has 0 bridgehead atoms. The monoisotopic (exact) mass is 240 g/mol. The number of aromatic nitrogens is 1. The van der Waals surface area contributed by atoms with Crippen molar-refractivity contribution in [1.82, 2.24) is 4.98 Å². The maximum atomic E-state index is 10.4. The number of rotatable bonds is 2. The van der Waals surface area contributed by atoms with Gasteiger partial charge in [-0.25, -0.2) is 4.79 Å². The Morgan fingerprint density at radius 2 is 2.11 bits per heavy atom. The molecule has 1 aliphatic rings. The lowest BCUT2D eigenvalue weighted by molar-refractivity contribution is 0.174. The molecule has 0 saturated heterocycles. The molecule has 0 N–H and O–H groups in total. The zero-order chi connectivity index (χ0) is 12.4. The van der Waals surface area contributed by atoms with Crippen LogP contribution >= 0.6 is 0 Å². The molecule has 88 valence electrons. The summed E-state index contributed by atoms with van der Waals surface area (Å²) in [4.78, 5) is 18.0. The average molecular weight is 240 g/mol. The van der Waals surface area contributed by atoms with Gasteiger partial charge in [0.25, 0.3) is 0 Å². The van der Waals surface area contributed by atoms with Gasteiger partial charge >= 0.3 is 0 Å². The highest BCUT2D eigenvalue weighted by atomic mass is 16.7. The summed E-state index contributed by atoms with van der Waals surface area (Å²) in [6.45, 7) is 0.231. The van der Waals surface area contributed by atoms with E-state index in [1.54, 1.807) is 12.3 Å². The molecule has 3 rings (SSSR count). The second-order valence-electron chi connectivity index (χ2n) is 3.66. The quantitative estimate of drug-likeness (QED) is 0.597. The largest absolute Gasteiger partial charge is 0.454 e. The highest BCUT2D eigenvalue weighted by Gasteiger charge is 2.15. The zero-order valence-corrected chi connectivity index (χ0v) is 9.29. The predicted octanol–water partition coefficient (Wildman–Crippen LogP) is 2.44. The number of aliphatic imine (C=N–C) groups is 1. The molecule has 0 unspecified atom stereocenters. The molecule has 0 saturated carbocycles. The summed E-state index contributed by atoms with van der Waals surface area (Å²) in [7, 11) is 0. The molecule has 2 aromatic rings. The van der Waals surface area contributed by atoms with Crippen LogP contribution in [0.1, 0.15) is 0 Å². The Hall–Kier alpha value is -2.65. The first-order valence-electron chi connectivity index (χ1n) is 5.30. The maximum absolute atomic E-state index is 10.4. The number of benzene rings is 1. The molecule has 0 fully saturated rings. The third-order valence-electron chi connectivity index (χ3n) is 2.65. The van der Waals surface area contributed by atoms with Crippen LogP contribution in [-0.2, 0) is 4.79 Å². The molecule has 1 aliphatic heterocycles. The van der Waals surface area contributed by atoms with Gasteiger partial charge in [-0.3, -0.25) is 4.98 Å². The number of nitrogens with zero attached hydrogens (tertiary/aromatic N) is 2. The van der Waals surface area contributed by atoms with Crippen molar-refractivity contribution < 1.29 is 14.3 Å². The van der Waals surface area contributed by atoms with Gasteiger partial charge in [0.15, 0.2) is 11.5 Å². The van der Waals surface area contributed by atoms with Crippen LogP contribution in [0.15, 0.2) is 41.7 Å². The van der Waals surface area contributed by atoms with E-state index in [1.807, 2.05) is 18.2 Å². The van der Waals surface area contributed by atoms with E-state index in [2.05, 4.69) is 9.98 Å². The van der Waals surface area contributed by atoms with E-state index in [1.165, 1.54) is 12.3 Å². The standard InChI is InChI=1S/C13H8N2O3/c16-7-15-11-6-14-4-3-10(11)9-1-2-12-13(5-9)18-8-17-12/h1-6H,8H2.